The largest absolute Gasteiger partial charge is 0.316 e. The van der Waals surface area contributed by atoms with Crippen molar-refractivity contribution in [3.05, 3.63) is 34.9 Å². The van der Waals surface area contributed by atoms with Crippen molar-refractivity contribution in [2.45, 2.75) is 71.1 Å². The molecule has 120 valence electrons. The Morgan fingerprint density at radius 2 is 1.71 bits per heavy atom. The van der Waals surface area contributed by atoms with E-state index in [1.807, 2.05) is 6.07 Å². The van der Waals surface area contributed by atoms with E-state index in [1.54, 1.807) is 0 Å². The highest BCUT2D eigenvalue weighted by Crippen LogP contribution is 2.24. The maximum absolute atomic E-state index is 6.13. The first kappa shape index (κ1) is 18.5. The highest BCUT2D eigenvalue weighted by molar-refractivity contribution is 6.30. The first-order valence-electron chi connectivity index (χ1n) is 8.74. The lowest BCUT2D eigenvalue weighted by molar-refractivity contribution is 0.510. The summed E-state index contributed by atoms with van der Waals surface area (Å²) < 4.78 is 0. The molecule has 0 saturated heterocycles. The molecule has 1 N–H and O–H groups in total. The van der Waals surface area contributed by atoms with Gasteiger partial charge in [0.2, 0.25) is 0 Å². The second-order valence-corrected chi connectivity index (χ2v) is 6.41. The van der Waals surface area contributed by atoms with Crippen LogP contribution < -0.4 is 5.32 Å². The van der Waals surface area contributed by atoms with Crippen molar-refractivity contribution in [3.8, 4) is 0 Å². The third-order valence-electron chi connectivity index (χ3n) is 4.12. The predicted octanol–water partition coefficient (Wildman–Crippen LogP) is 6.17. The summed E-state index contributed by atoms with van der Waals surface area (Å²) in [5, 5.41) is 4.35. The van der Waals surface area contributed by atoms with E-state index in [9.17, 15) is 0 Å². The fourth-order valence-corrected chi connectivity index (χ4v) is 3.01. The van der Waals surface area contributed by atoms with Gasteiger partial charge in [0.25, 0.3) is 0 Å². The van der Waals surface area contributed by atoms with Gasteiger partial charge in [0.1, 0.15) is 0 Å². The Hall–Kier alpha value is -0.530. The van der Waals surface area contributed by atoms with Crippen LogP contribution in [-0.2, 0) is 0 Å². The highest BCUT2D eigenvalue weighted by atomic mass is 35.5. The van der Waals surface area contributed by atoms with Crippen LogP contribution >= 0.6 is 11.6 Å². The molecule has 1 aromatic carbocycles. The number of likely N-dealkylation sites (N-methyl/N-ethyl adjacent to an activating group) is 1. The number of benzene rings is 1. The molecule has 0 fully saturated rings. The van der Waals surface area contributed by atoms with Crippen LogP contribution in [0, 0.1) is 0 Å². The number of hydrogen-bond acceptors (Lipinski definition) is 1. The van der Waals surface area contributed by atoms with Gasteiger partial charge in [-0.15, -0.1) is 0 Å². The monoisotopic (exact) mass is 309 g/mol. The van der Waals surface area contributed by atoms with Crippen molar-refractivity contribution in [2.24, 2.45) is 0 Å². The van der Waals surface area contributed by atoms with E-state index >= 15 is 0 Å². The summed E-state index contributed by atoms with van der Waals surface area (Å²) in [5.74, 6) is 0.597. The fourth-order valence-electron chi connectivity index (χ4n) is 2.81. The van der Waals surface area contributed by atoms with Crippen LogP contribution in [0.4, 0.5) is 0 Å². The summed E-state index contributed by atoms with van der Waals surface area (Å²) in [4.78, 5) is 0. The SMILES string of the molecule is CCCCCCCCCC(CNCC)c1cccc(Cl)c1. The fraction of sp³-hybridized carbons (Fsp3) is 0.684. The maximum atomic E-state index is 6.13. The second kappa shape index (κ2) is 12.1. The Bertz CT molecular complexity index is 364. The molecule has 0 radical (unpaired) electrons. The van der Waals surface area contributed by atoms with Gasteiger partial charge in [-0.1, -0.05) is 82.5 Å². The molecule has 2 heteroatoms. The molecule has 0 aliphatic carbocycles. The average Bonchev–Trinajstić information content (AvgIpc) is 2.49. The van der Waals surface area contributed by atoms with Gasteiger partial charge in [-0.25, -0.2) is 0 Å². The van der Waals surface area contributed by atoms with Crippen LogP contribution in [0.2, 0.25) is 5.02 Å². The molecule has 0 saturated carbocycles. The van der Waals surface area contributed by atoms with E-state index in [2.05, 4.69) is 37.4 Å². The minimum Gasteiger partial charge on any atom is -0.316 e. The standard InChI is InChI=1S/C19H32ClN/c1-3-5-6-7-8-9-10-12-18(16-21-4-2)17-13-11-14-19(20)15-17/h11,13-15,18,21H,3-10,12,16H2,1-2H3. The maximum Gasteiger partial charge on any atom is 0.0408 e. The Morgan fingerprint density at radius 1 is 1.00 bits per heavy atom. The number of halogens is 1. The lowest BCUT2D eigenvalue weighted by Gasteiger charge is -2.18. The molecule has 0 aliphatic heterocycles. The number of nitrogens with one attached hydrogen (secondary N) is 1. The molecule has 0 heterocycles. The average molecular weight is 310 g/mol. The molecule has 21 heavy (non-hydrogen) atoms. The van der Waals surface area contributed by atoms with E-state index in [0.29, 0.717) is 5.92 Å². The normalized spacial score (nSPS) is 12.5. The Labute approximate surface area is 136 Å². The zero-order valence-electron chi connectivity index (χ0n) is 13.8. The first-order chi connectivity index (χ1) is 10.3. The van der Waals surface area contributed by atoms with Crippen molar-refractivity contribution in [3.63, 3.8) is 0 Å². The van der Waals surface area contributed by atoms with E-state index in [4.69, 9.17) is 11.6 Å². The molecule has 1 atom stereocenters. The van der Waals surface area contributed by atoms with Crippen LogP contribution in [-0.4, -0.2) is 13.1 Å². The topological polar surface area (TPSA) is 12.0 Å². The van der Waals surface area contributed by atoms with Crippen molar-refractivity contribution in [2.75, 3.05) is 13.1 Å². The van der Waals surface area contributed by atoms with Gasteiger partial charge in [-0.3, -0.25) is 0 Å². The zero-order valence-corrected chi connectivity index (χ0v) is 14.6. The zero-order chi connectivity index (χ0) is 15.3. The molecule has 1 aromatic rings. The number of rotatable bonds is 12. The van der Waals surface area contributed by atoms with Crippen LogP contribution in [0.25, 0.3) is 0 Å². The van der Waals surface area contributed by atoms with Gasteiger partial charge in [0, 0.05) is 11.6 Å². The summed E-state index contributed by atoms with van der Waals surface area (Å²) in [6.07, 6.45) is 10.9. The van der Waals surface area contributed by atoms with Crippen molar-refractivity contribution in [1.82, 2.24) is 5.32 Å². The molecule has 0 aliphatic rings. The van der Waals surface area contributed by atoms with E-state index in [0.717, 1.165) is 18.1 Å². The quantitative estimate of drug-likeness (QED) is 0.455. The first-order valence-corrected chi connectivity index (χ1v) is 9.11. The minimum absolute atomic E-state index is 0.597. The summed E-state index contributed by atoms with van der Waals surface area (Å²) in [6, 6.07) is 8.38. The van der Waals surface area contributed by atoms with Gasteiger partial charge >= 0.3 is 0 Å². The van der Waals surface area contributed by atoms with Crippen molar-refractivity contribution >= 4 is 11.6 Å². The van der Waals surface area contributed by atoms with Crippen LogP contribution in [0.5, 0.6) is 0 Å². The van der Waals surface area contributed by atoms with Crippen molar-refractivity contribution < 1.29 is 0 Å². The molecule has 1 nitrogen and oxygen atoms in total. The molecular weight excluding hydrogens is 278 g/mol. The number of unbranched alkanes of at least 4 members (excludes halogenated alkanes) is 6. The molecule has 0 bridgehead atoms. The molecule has 1 rings (SSSR count). The van der Waals surface area contributed by atoms with Gasteiger partial charge < -0.3 is 5.32 Å². The lowest BCUT2D eigenvalue weighted by atomic mass is 9.92. The summed E-state index contributed by atoms with van der Waals surface area (Å²) in [6.45, 7) is 6.54. The van der Waals surface area contributed by atoms with Gasteiger partial charge in [-0.05, 0) is 36.6 Å². The van der Waals surface area contributed by atoms with Gasteiger partial charge in [-0.2, -0.15) is 0 Å². The molecule has 0 amide bonds. The van der Waals surface area contributed by atoms with Gasteiger partial charge in [0.15, 0.2) is 0 Å². The highest BCUT2D eigenvalue weighted by Gasteiger charge is 2.11. The molecular formula is C19H32ClN. The van der Waals surface area contributed by atoms with E-state index < -0.39 is 0 Å². The minimum atomic E-state index is 0.597. The van der Waals surface area contributed by atoms with E-state index in [-0.39, 0.29) is 0 Å². The summed E-state index contributed by atoms with van der Waals surface area (Å²) in [7, 11) is 0. The Morgan fingerprint density at radius 3 is 2.38 bits per heavy atom. The third-order valence-corrected chi connectivity index (χ3v) is 4.35. The molecule has 1 unspecified atom stereocenters. The number of hydrogen-bond donors (Lipinski definition) is 1. The lowest BCUT2D eigenvalue weighted by Crippen LogP contribution is -2.21. The molecule has 0 spiro atoms. The van der Waals surface area contributed by atoms with Crippen LogP contribution in [0.3, 0.4) is 0 Å². The summed E-state index contributed by atoms with van der Waals surface area (Å²) >= 11 is 6.13. The van der Waals surface area contributed by atoms with E-state index in [1.165, 1.54) is 56.9 Å². The molecule has 0 aromatic heterocycles. The predicted molar refractivity (Wildman–Crippen MR) is 95.3 cm³/mol. The summed E-state index contributed by atoms with van der Waals surface area (Å²) in [5.41, 5.74) is 1.38. The second-order valence-electron chi connectivity index (χ2n) is 5.97. The van der Waals surface area contributed by atoms with Gasteiger partial charge in [0.05, 0.1) is 0 Å². The third kappa shape index (κ3) is 8.48. The van der Waals surface area contributed by atoms with Crippen LogP contribution in [0.15, 0.2) is 24.3 Å². The van der Waals surface area contributed by atoms with Crippen molar-refractivity contribution in [1.29, 1.82) is 0 Å². The Balaban J connectivity index is 2.33. The van der Waals surface area contributed by atoms with Crippen LogP contribution in [0.1, 0.15) is 76.7 Å². The smallest absolute Gasteiger partial charge is 0.0408 e. The Kier molecular flexibility index (Phi) is 10.6.